The lowest BCUT2D eigenvalue weighted by Crippen LogP contribution is -2.22. The summed E-state index contributed by atoms with van der Waals surface area (Å²) < 4.78 is 9.00. The molecular formula is C21H12BrN2O4S+. The van der Waals surface area contributed by atoms with E-state index in [1.165, 1.54) is 23.5 Å². The summed E-state index contributed by atoms with van der Waals surface area (Å²) >= 11 is 4.80. The summed E-state index contributed by atoms with van der Waals surface area (Å²) in [6, 6.07) is 15.8. The first-order valence-corrected chi connectivity index (χ1v) is 10.2. The lowest BCUT2D eigenvalue weighted by atomic mass is 10.1. The Bertz CT molecular complexity index is 1510. The number of fused-ring (bicyclic) bond motifs is 3. The van der Waals surface area contributed by atoms with E-state index in [4.69, 9.17) is 9.52 Å². The largest absolute Gasteiger partial charge is 0.478 e. The molecule has 142 valence electrons. The number of aromatic carboxylic acids is 1. The number of imidazole rings is 1. The molecule has 5 aromatic rings. The first-order chi connectivity index (χ1) is 14.0. The summed E-state index contributed by atoms with van der Waals surface area (Å²) in [7, 11) is 0. The quantitative estimate of drug-likeness (QED) is 0.439. The topological polar surface area (TPSA) is 86.1 Å². The van der Waals surface area contributed by atoms with Crippen molar-refractivity contribution in [3.05, 3.63) is 85.3 Å². The number of carbonyl (C=O) groups is 1. The van der Waals surface area contributed by atoms with Crippen molar-refractivity contribution in [2.24, 2.45) is 0 Å². The van der Waals surface area contributed by atoms with Gasteiger partial charge in [0.05, 0.1) is 5.56 Å². The van der Waals surface area contributed by atoms with Crippen LogP contribution in [-0.4, -0.2) is 15.5 Å². The van der Waals surface area contributed by atoms with Crippen LogP contribution in [0.25, 0.3) is 33.4 Å². The molecule has 0 spiro atoms. The second-order valence-electron chi connectivity index (χ2n) is 6.43. The van der Waals surface area contributed by atoms with Crippen LogP contribution in [0.2, 0.25) is 0 Å². The normalized spacial score (nSPS) is 12.2. The molecule has 2 N–H and O–H groups in total. The molecule has 0 saturated carbocycles. The van der Waals surface area contributed by atoms with Gasteiger partial charge in [-0.1, -0.05) is 28.1 Å². The Balaban J connectivity index is 1.56. The molecular weight excluding hydrogens is 456 g/mol. The third kappa shape index (κ3) is 3.06. The number of hydrogen-bond acceptors (Lipinski definition) is 4. The molecule has 0 unspecified atom stereocenters. The number of halogens is 1. The summed E-state index contributed by atoms with van der Waals surface area (Å²) in [6.07, 6.45) is 1.72. The third-order valence-corrected chi connectivity index (χ3v) is 6.06. The Kier molecular flexibility index (Phi) is 4.11. The van der Waals surface area contributed by atoms with Gasteiger partial charge in [0, 0.05) is 22.2 Å². The van der Waals surface area contributed by atoms with Crippen LogP contribution in [0.4, 0.5) is 0 Å². The Morgan fingerprint density at radius 3 is 2.69 bits per heavy atom. The zero-order valence-electron chi connectivity index (χ0n) is 14.7. The second-order valence-corrected chi connectivity index (χ2v) is 8.37. The summed E-state index contributed by atoms with van der Waals surface area (Å²) in [5.74, 6) is 0.181. The number of thiazole rings is 1. The molecule has 0 aliphatic rings. The summed E-state index contributed by atoms with van der Waals surface area (Å²) in [5.41, 5.74) is 2.58. The maximum absolute atomic E-state index is 12.9. The van der Waals surface area contributed by atoms with Gasteiger partial charge in [-0.25, -0.2) is 14.6 Å². The number of aromatic amines is 1. The molecule has 0 fully saturated rings. The van der Waals surface area contributed by atoms with E-state index < -0.39 is 5.97 Å². The molecule has 3 aromatic heterocycles. The zero-order chi connectivity index (χ0) is 20.1. The van der Waals surface area contributed by atoms with E-state index in [0.29, 0.717) is 16.1 Å². The minimum Gasteiger partial charge on any atom is -0.478 e. The first kappa shape index (κ1) is 17.8. The fourth-order valence-electron chi connectivity index (χ4n) is 3.20. The van der Waals surface area contributed by atoms with Gasteiger partial charge in [-0.2, -0.15) is 0 Å². The van der Waals surface area contributed by atoms with Gasteiger partial charge in [-0.3, -0.25) is 0 Å². The zero-order valence-corrected chi connectivity index (χ0v) is 17.1. The number of aromatic nitrogens is 2. The number of nitrogens with zero attached hydrogens (tertiary/aromatic N) is 1. The van der Waals surface area contributed by atoms with E-state index in [-0.39, 0.29) is 11.1 Å². The SMILES string of the molecule is O=C(O)c1ccc(-c2ccc(/C=c3\sc4[nH+]c5cc(Br)ccc5n4c3=O)o2)cc1. The molecule has 0 aliphatic heterocycles. The van der Waals surface area contributed by atoms with Gasteiger partial charge < -0.3 is 9.52 Å². The smallest absolute Gasteiger partial charge is 0.357 e. The standard InChI is InChI=1S/C21H11BrN2O4S/c22-13-5-7-16-15(9-13)23-21-24(16)19(25)18(29-21)10-14-6-8-17(28-14)11-1-3-12(4-2-11)20(26)27/h1-10H,(H,26,27)/p+1/b18-10-. The predicted octanol–water partition coefficient (Wildman–Crippen LogP) is 3.60. The van der Waals surface area contributed by atoms with E-state index in [9.17, 15) is 9.59 Å². The molecule has 0 bridgehead atoms. The van der Waals surface area contributed by atoms with Crippen molar-refractivity contribution < 1.29 is 19.3 Å². The predicted molar refractivity (Wildman–Crippen MR) is 113 cm³/mol. The minimum absolute atomic E-state index is 0.109. The lowest BCUT2D eigenvalue weighted by Gasteiger charge is -1.98. The van der Waals surface area contributed by atoms with E-state index in [1.54, 1.807) is 34.7 Å². The molecule has 0 radical (unpaired) electrons. The van der Waals surface area contributed by atoms with Crippen LogP contribution in [0.15, 0.2) is 68.3 Å². The molecule has 0 atom stereocenters. The third-order valence-electron chi connectivity index (χ3n) is 4.58. The Hall–Kier alpha value is -3.23. The highest BCUT2D eigenvalue weighted by atomic mass is 79.9. The minimum atomic E-state index is -0.973. The average Bonchev–Trinajstić information content (AvgIpc) is 3.38. The second kappa shape index (κ2) is 6.68. The molecule has 3 heterocycles. The number of furan rings is 1. The molecule has 6 nitrogen and oxygen atoms in total. The number of benzene rings is 2. The number of rotatable bonds is 3. The summed E-state index contributed by atoms with van der Waals surface area (Å²) in [6.45, 7) is 0. The Morgan fingerprint density at radius 2 is 1.93 bits per heavy atom. The number of H-pyrrole nitrogens is 1. The van der Waals surface area contributed by atoms with Crippen molar-refractivity contribution in [3.63, 3.8) is 0 Å². The number of carboxylic acid groups (broad SMARTS) is 1. The van der Waals surface area contributed by atoms with E-state index in [1.807, 2.05) is 18.2 Å². The Labute approximate surface area is 175 Å². The first-order valence-electron chi connectivity index (χ1n) is 8.61. The average molecular weight is 468 g/mol. The maximum Gasteiger partial charge on any atom is 0.357 e. The van der Waals surface area contributed by atoms with Crippen molar-refractivity contribution in [2.45, 2.75) is 0 Å². The summed E-state index contributed by atoms with van der Waals surface area (Å²) in [5, 5.41) is 9.00. The van der Waals surface area contributed by atoms with Gasteiger partial charge in [0.25, 0.3) is 0 Å². The fraction of sp³-hybridized carbons (Fsp3) is 0. The number of carboxylic acids is 1. The van der Waals surface area contributed by atoms with Crippen LogP contribution in [0.1, 0.15) is 16.1 Å². The van der Waals surface area contributed by atoms with Crippen LogP contribution in [0, 0.1) is 0 Å². The van der Waals surface area contributed by atoms with Crippen LogP contribution in [0.3, 0.4) is 0 Å². The van der Waals surface area contributed by atoms with Gasteiger partial charge in [0.15, 0.2) is 11.0 Å². The monoisotopic (exact) mass is 467 g/mol. The van der Waals surface area contributed by atoms with Gasteiger partial charge in [0.2, 0.25) is 0 Å². The highest BCUT2D eigenvalue weighted by molar-refractivity contribution is 9.10. The summed E-state index contributed by atoms with van der Waals surface area (Å²) in [4.78, 5) is 27.9. The highest BCUT2D eigenvalue weighted by Gasteiger charge is 2.19. The van der Waals surface area contributed by atoms with Crippen LogP contribution in [0.5, 0.6) is 0 Å². The van der Waals surface area contributed by atoms with Gasteiger partial charge in [-0.05, 0) is 47.7 Å². The molecule has 0 amide bonds. The van der Waals surface area contributed by atoms with Crippen molar-refractivity contribution in [1.29, 1.82) is 0 Å². The molecule has 29 heavy (non-hydrogen) atoms. The molecule has 0 aliphatic carbocycles. The number of nitrogens with one attached hydrogen (secondary N) is 1. The van der Waals surface area contributed by atoms with Crippen LogP contribution < -0.4 is 15.1 Å². The van der Waals surface area contributed by atoms with E-state index >= 15 is 0 Å². The van der Waals surface area contributed by atoms with E-state index in [2.05, 4.69) is 20.9 Å². The molecule has 5 rings (SSSR count). The van der Waals surface area contributed by atoms with Crippen molar-refractivity contribution in [2.75, 3.05) is 0 Å². The van der Waals surface area contributed by atoms with Crippen molar-refractivity contribution >= 4 is 55.3 Å². The van der Waals surface area contributed by atoms with Gasteiger partial charge >= 0.3 is 16.5 Å². The van der Waals surface area contributed by atoms with Crippen molar-refractivity contribution in [3.8, 4) is 11.3 Å². The highest BCUT2D eigenvalue weighted by Crippen LogP contribution is 2.23. The van der Waals surface area contributed by atoms with Crippen molar-refractivity contribution in [1.82, 2.24) is 4.40 Å². The molecule has 0 saturated heterocycles. The molecule has 2 aromatic carbocycles. The lowest BCUT2D eigenvalue weighted by molar-refractivity contribution is -0.308. The molecule has 8 heteroatoms. The maximum atomic E-state index is 12.9. The Morgan fingerprint density at radius 1 is 1.14 bits per heavy atom. The van der Waals surface area contributed by atoms with Crippen LogP contribution >= 0.6 is 27.3 Å². The van der Waals surface area contributed by atoms with Gasteiger partial charge in [-0.15, -0.1) is 4.40 Å². The fourth-order valence-corrected chi connectivity index (χ4v) is 4.55. The van der Waals surface area contributed by atoms with Crippen LogP contribution in [-0.2, 0) is 0 Å². The van der Waals surface area contributed by atoms with E-state index in [0.717, 1.165) is 26.0 Å². The van der Waals surface area contributed by atoms with Gasteiger partial charge in [0.1, 0.15) is 16.1 Å². The number of hydrogen-bond donors (Lipinski definition) is 1.